The van der Waals surface area contributed by atoms with Crippen molar-refractivity contribution < 1.29 is 4.39 Å². The molecule has 1 aromatic carbocycles. The molecule has 1 saturated heterocycles. The zero-order valence-corrected chi connectivity index (χ0v) is 12.2. The van der Waals surface area contributed by atoms with Crippen molar-refractivity contribution in [2.75, 3.05) is 13.1 Å². The van der Waals surface area contributed by atoms with Gasteiger partial charge in [-0.15, -0.1) is 0 Å². The average Bonchev–Trinajstić information content (AvgIpc) is 2.72. The van der Waals surface area contributed by atoms with Crippen LogP contribution in [0.3, 0.4) is 0 Å². The van der Waals surface area contributed by atoms with E-state index in [2.05, 4.69) is 25.7 Å². The largest absolute Gasteiger partial charge is 0.326 e. The lowest BCUT2D eigenvalue weighted by Crippen LogP contribution is -2.40. The molecule has 0 radical (unpaired) electrons. The highest BCUT2D eigenvalue weighted by atomic mass is 19.1. The van der Waals surface area contributed by atoms with E-state index in [1.165, 1.54) is 18.6 Å². The van der Waals surface area contributed by atoms with E-state index in [0.717, 1.165) is 25.1 Å². The summed E-state index contributed by atoms with van der Waals surface area (Å²) in [5.41, 5.74) is 7.81. The number of hydrogen-bond acceptors (Lipinski definition) is 2. The van der Waals surface area contributed by atoms with Gasteiger partial charge in [0, 0.05) is 18.6 Å². The van der Waals surface area contributed by atoms with Gasteiger partial charge in [0.25, 0.3) is 0 Å². The standard InChI is InChI=1S/C16H25FN2/c1-4-14(18)15(12-5-7-13(17)8-6-12)19-10-9-16(2,3)11-19/h5-8,14-15H,4,9-11,18H2,1-3H3. The fourth-order valence-corrected chi connectivity index (χ4v) is 3.00. The van der Waals surface area contributed by atoms with Crippen molar-refractivity contribution in [2.24, 2.45) is 11.1 Å². The van der Waals surface area contributed by atoms with Gasteiger partial charge in [-0.2, -0.15) is 0 Å². The molecule has 1 fully saturated rings. The molecule has 0 aromatic heterocycles. The topological polar surface area (TPSA) is 29.3 Å². The molecule has 1 aliphatic rings. The lowest BCUT2D eigenvalue weighted by Gasteiger charge is -2.33. The predicted molar refractivity (Wildman–Crippen MR) is 77.4 cm³/mol. The minimum atomic E-state index is -0.186. The van der Waals surface area contributed by atoms with Crippen LogP contribution in [0.5, 0.6) is 0 Å². The van der Waals surface area contributed by atoms with Crippen molar-refractivity contribution in [1.82, 2.24) is 4.90 Å². The third kappa shape index (κ3) is 3.34. The van der Waals surface area contributed by atoms with E-state index in [9.17, 15) is 4.39 Å². The van der Waals surface area contributed by atoms with Gasteiger partial charge in [0.1, 0.15) is 5.82 Å². The minimum absolute atomic E-state index is 0.0966. The molecule has 1 aliphatic heterocycles. The van der Waals surface area contributed by atoms with Crippen molar-refractivity contribution in [2.45, 2.75) is 45.7 Å². The molecule has 2 unspecified atom stereocenters. The van der Waals surface area contributed by atoms with Crippen LogP contribution < -0.4 is 5.73 Å². The maximum atomic E-state index is 13.1. The molecular weight excluding hydrogens is 239 g/mol. The summed E-state index contributed by atoms with van der Waals surface area (Å²) < 4.78 is 13.1. The predicted octanol–water partition coefficient (Wildman–Crippen LogP) is 3.34. The molecular formula is C16H25FN2. The molecule has 106 valence electrons. The van der Waals surface area contributed by atoms with E-state index in [0.29, 0.717) is 5.41 Å². The van der Waals surface area contributed by atoms with Gasteiger partial charge in [0.05, 0.1) is 0 Å². The molecule has 19 heavy (non-hydrogen) atoms. The molecule has 0 spiro atoms. The lowest BCUT2D eigenvalue weighted by molar-refractivity contribution is 0.189. The lowest BCUT2D eigenvalue weighted by atomic mass is 9.92. The fraction of sp³-hybridized carbons (Fsp3) is 0.625. The number of rotatable bonds is 4. The summed E-state index contributed by atoms with van der Waals surface area (Å²) in [4.78, 5) is 2.46. The number of benzene rings is 1. The Bertz CT molecular complexity index is 413. The second-order valence-corrected chi connectivity index (χ2v) is 6.45. The summed E-state index contributed by atoms with van der Waals surface area (Å²) in [7, 11) is 0. The van der Waals surface area contributed by atoms with E-state index >= 15 is 0 Å². The smallest absolute Gasteiger partial charge is 0.123 e. The van der Waals surface area contributed by atoms with E-state index in [4.69, 9.17) is 5.73 Å². The Balaban J connectivity index is 2.24. The molecule has 0 bridgehead atoms. The first-order valence-corrected chi connectivity index (χ1v) is 7.18. The van der Waals surface area contributed by atoms with Crippen LogP contribution in [0.1, 0.15) is 45.2 Å². The summed E-state index contributed by atoms with van der Waals surface area (Å²) in [6.45, 7) is 8.84. The summed E-state index contributed by atoms with van der Waals surface area (Å²) in [5, 5.41) is 0. The van der Waals surface area contributed by atoms with Crippen molar-refractivity contribution in [3.05, 3.63) is 35.6 Å². The zero-order valence-electron chi connectivity index (χ0n) is 12.2. The maximum Gasteiger partial charge on any atom is 0.123 e. The van der Waals surface area contributed by atoms with Crippen LogP contribution in [0.4, 0.5) is 4.39 Å². The number of nitrogens with two attached hydrogens (primary N) is 1. The molecule has 0 amide bonds. The third-order valence-corrected chi connectivity index (χ3v) is 4.19. The molecule has 2 atom stereocenters. The molecule has 0 saturated carbocycles. The highest BCUT2D eigenvalue weighted by Crippen LogP contribution is 2.36. The van der Waals surface area contributed by atoms with Crippen LogP contribution >= 0.6 is 0 Å². The highest BCUT2D eigenvalue weighted by molar-refractivity contribution is 5.22. The van der Waals surface area contributed by atoms with Crippen molar-refractivity contribution >= 4 is 0 Å². The van der Waals surface area contributed by atoms with Crippen LogP contribution in [0.15, 0.2) is 24.3 Å². The normalized spacial score (nSPS) is 22.4. The van der Waals surface area contributed by atoms with Gasteiger partial charge >= 0.3 is 0 Å². The molecule has 1 heterocycles. The van der Waals surface area contributed by atoms with Gasteiger partial charge in [-0.3, -0.25) is 4.90 Å². The van der Waals surface area contributed by atoms with Crippen LogP contribution in [0.25, 0.3) is 0 Å². The first kappa shape index (κ1) is 14.5. The molecule has 2 nitrogen and oxygen atoms in total. The maximum absolute atomic E-state index is 13.1. The fourth-order valence-electron chi connectivity index (χ4n) is 3.00. The van der Waals surface area contributed by atoms with E-state index in [-0.39, 0.29) is 17.9 Å². The number of nitrogens with zero attached hydrogens (tertiary/aromatic N) is 1. The third-order valence-electron chi connectivity index (χ3n) is 4.19. The molecule has 1 aromatic rings. The minimum Gasteiger partial charge on any atom is -0.326 e. The Kier molecular flexibility index (Phi) is 4.26. The Morgan fingerprint density at radius 3 is 2.42 bits per heavy atom. The number of hydrogen-bond donors (Lipinski definition) is 1. The van der Waals surface area contributed by atoms with E-state index in [1.54, 1.807) is 0 Å². The zero-order chi connectivity index (χ0) is 14.0. The van der Waals surface area contributed by atoms with Crippen LogP contribution in [0, 0.1) is 11.2 Å². The van der Waals surface area contributed by atoms with Crippen LogP contribution in [-0.4, -0.2) is 24.0 Å². The van der Waals surface area contributed by atoms with Gasteiger partial charge in [-0.1, -0.05) is 32.9 Å². The number of likely N-dealkylation sites (tertiary alicyclic amines) is 1. The summed E-state index contributed by atoms with van der Waals surface area (Å²) >= 11 is 0. The van der Waals surface area contributed by atoms with Gasteiger partial charge in [0.15, 0.2) is 0 Å². The first-order valence-electron chi connectivity index (χ1n) is 7.18. The monoisotopic (exact) mass is 264 g/mol. The molecule has 0 aliphatic carbocycles. The molecule has 2 N–H and O–H groups in total. The number of halogens is 1. The Labute approximate surface area is 115 Å². The Morgan fingerprint density at radius 2 is 1.95 bits per heavy atom. The van der Waals surface area contributed by atoms with Gasteiger partial charge in [-0.25, -0.2) is 4.39 Å². The van der Waals surface area contributed by atoms with Crippen molar-refractivity contribution in [3.8, 4) is 0 Å². The van der Waals surface area contributed by atoms with Gasteiger partial charge < -0.3 is 5.73 Å². The van der Waals surface area contributed by atoms with Crippen molar-refractivity contribution in [1.29, 1.82) is 0 Å². The Morgan fingerprint density at radius 1 is 1.32 bits per heavy atom. The second kappa shape index (κ2) is 5.59. The first-order chi connectivity index (χ1) is 8.93. The molecule has 2 rings (SSSR count). The second-order valence-electron chi connectivity index (χ2n) is 6.45. The highest BCUT2D eigenvalue weighted by Gasteiger charge is 2.35. The average molecular weight is 264 g/mol. The molecule has 3 heteroatoms. The van der Waals surface area contributed by atoms with Crippen LogP contribution in [-0.2, 0) is 0 Å². The Hall–Kier alpha value is -0.930. The summed E-state index contributed by atoms with van der Waals surface area (Å²) in [6, 6.07) is 7.12. The quantitative estimate of drug-likeness (QED) is 0.903. The summed E-state index contributed by atoms with van der Waals surface area (Å²) in [6.07, 6.45) is 2.13. The summed E-state index contributed by atoms with van der Waals surface area (Å²) in [5.74, 6) is -0.186. The van der Waals surface area contributed by atoms with Crippen molar-refractivity contribution in [3.63, 3.8) is 0 Å². The van der Waals surface area contributed by atoms with Gasteiger partial charge in [0.2, 0.25) is 0 Å². The van der Waals surface area contributed by atoms with Gasteiger partial charge in [-0.05, 0) is 42.5 Å². The van der Waals surface area contributed by atoms with E-state index < -0.39 is 0 Å². The SMILES string of the molecule is CCC(N)C(c1ccc(F)cc1)N1CCC(C)(C)C1. The van der Waals surface area contributed by atoms with Crippen LogP contribution in [0.2, 0.25) is 0 Å². The van der Waals surface area contributed by atoms with E-state index in [1.807, 2.05) is 12.1 Å².